The molecule has 0 radical (unpaired) electrons. The summed E-state index contributed by atoms with van der Waals surface area (Å²) < 4.78 is 5.03. The van der Waals surface area contributed by atoms with Crippen LogP contribution in [-0.2, 0) is 4.79 Å². The smallest absolute Gasteiger partial charge is 0.266 e. The molecule has 0 atom stereocenters. The van der Waals surface area contributed by atoms with Crippen LogP contribution in [0.15, 0.2) is 58.8 Å². The molecule has 112 valence electrons. The minimum atomic E-state index is -0.438. The molecule has 3 rings (SSSR count). The van der Waals surface area contributed by atoms with Gasteiger partial charge >= 0.3 is 0 Å². The van der Waals surface area contributed by atoms with Crippen molar-refractivity contribution in [1.29, 1.82) is 5.26 Å². The number of carbonyl (C=O) groups excluding carboxylic acids is 1. The highest BCUT2D eigenvalue weighted by Crippen LogP contribution is 2.18. The minimum absolute atomic E-state index is 0.0315. The van der Waals surface area contributed by atoms with Crippen LogP contribution >= 0.6 is 0 Å². The van der Waals surface area contributed by atoms with Crippen molar-refractivity contribution in [3.63, 3.8) is 0 Å². The maximum absolute atomic E-state index is 12.3. The van der Waals surface area contributed by atoms with Crippen LogP contribution in [0.4, 0.5) is 5.69 Å². The van der Waals surface area contributed by atoms with Crippen molar-refractivity contribution in [3.05, 3.63) is 65.4 Å². The fourth-order valence-corrected chi connectivity index (χ4v) is 2.20. The number of aromatic nitrogens is 1. The van der Waals surface area contributed by atoms with E-state index in [0.29, 0.717) is 11.3 Å². The Morgan fingerprint density at radius 1 is 1.30 bits per heavy atom. The number of nitrogens with one attached hydrogen (secondary N) is 1. The summed E-state index contributed by atoms with van der Waals surface area (Å²) in [4.78, 5) is 12.3. The zero-order valence-corrected chi connectivity index (χ0v) is 12.4. The van der Waals surface area contributed by atoms with Crippen LogP contribution in [0.5, 0.6) is 0 Å². The molecule has 1 N–H and O–H groups in total. The Morgan fingerprint density at radius 2 is 2.13 bits per heavy atom. The molecule has 0 saturated carbocycles. The van der Waals surface area contributed by atoms with E-state index in [4.69, 9.17) is 4.52 Å². The summed E-state index contributed by atoms with van der Waals surface area (Å²) in [5.41, 5.74) is 3.04. The lowest BCUT2D eigenvalue weighted by Gasteiger charge is -2.07. The first kappa shape index (κ1) is 14.5. The van der Waals surface area contributed by atoms with Crippen LogP contribution in [0, 0.1) is 18.3 Å². The van der Waals surface area contributed by atoms with E-state index >= 15 is 0 Å². The molecule has 1 amide bonds. The highest BCUT2D eigenvalue weighted by atomic mass is 16.5. The standard InChI is InChI=1S/C18H13N3O2/c1-12-4-2-3-5-16(12)21-18(22)14(10-19)8-13-6-7-17-15(9-13)11-20-23-17/h2-9,11H,1H3,(H,21,22)/b14-8-. The van der Waals surface area contributed by atoms with E-state index in [2.05, 4.69) is 10.5 Å². The number of para-hydroxylation sites is 1. The second kappa shape index (κ2) is 6.16. The number of nitrogens with zero attached hydrogens (tertiary/aromatic N) is 2. The predicted molar refractivity (Wildman–Crippen MR) is 87.4 cm³/mol. The van der Waals surface area contributed by atoms with Gasteiger partial charge in [-0.15, -0.1) is 0 Å². The molecule has 0 aliphatic rings. The Hall–Kier alpha value is -3.39. The van der Waals surface area contributed by atoms with Crippen LogP contribution < -0.4 is 5.32 Å². The van der Waals surface area contributed by atoms with Gasteiger partial charge < -0.3 is 9.84 Å². The van der Waals surface area contributed by atoms with Gasteiger partial charge in [-0.05, 0) is 42.3 Å². The lowest BCUT2D eigenvalue weighted by Crippen LogP contribution is -2.14. The summed E-state index contributed by atoms with van der Waals surface area (Å²) in [6, 6.07) is 14.7. The van der Waals surface area contributed by atoms with Gasteiger partial charge in [0.2, 0.25) is 0 Å². The first-order valence-electron chi connectivity index (χ1n) is 7.00. The maximum Gasteiger partial charge on any atom is 0.266 e. The number of hydrogen-bond donors (Lipinski definition) is 1. The van der Waals surface area contributed by atoms with Gasteiger partial charge in [0.15, 0.2) is 5.58 Å². The molecule has 3 aromatic rings. The summed E-state index contributed by atoms with van der Waals surface area (Å²) >= 11 is 0. The van der Waals surface area contributed by atoms with Crippen molar-refractivity contribution >= 4 is 28.6 Å². The van der Waals surface area contributed by atoms with Crippen LogP contribution in [-0.4, -0.2) is 11.1 Å². The molecule has 5 nitrogen and oxygen atoms in total. The van der Waals surface area contributed by atoms with Crippen molar-refractivity contribution in [2.45, 2.75) is 6.92 Å². The molecular weight excluding hydrogens is 290 g/mol. The van der Waals surface area contributed by atoms with Crippen molar-refractivity contribution in [1.82, 2.24) is 5.16 Å². The zero-order chi connectivity index (χ0) is 16.2. The van der Waals surface area contributed by atoms with Gasteiger partial charge in [0.05, 0.1) is 6.20 Å². The van der Waals surface area contributed by atoms with E-state index in [1.165, 1.54) is 0 Å². The number of nitriles is 1. The topological polar surface area (TPSA) is 78.9 Å². The number of anilines is 1. The minimum Gasteiger partial charge on any atom is -0.356 e. The quantitative estimate of drug-likeness (QED) is 0.591. The van der Waals surface area contributed by atoms with Crippen molar-refractivity contribution in [2.75, 3.05) is 5.32 Å². The number of carbonyl (C=O) groups is 1. The third-order valence-electron chi connectivity index (χ3n) is 3.45. The third kappa shape index (κ3) is 3.11. The van der Waals surface area contributed by atoms with E-state index < -0.39 is 5.91 Å². The van der Waals surface area contributed by atoms with E-state index in [-0.39, 0.29) is 5.57 Å². The molecule has 0 fully saturated rings. The average molecular weight is 303 g/mol. The first-order chi connectivity index (χ1) is 11.2. The molecule has 0 saturated heterocycles. The Balaban J connectivity index is 1.87. The Kier molecular flexibility index (Phi) is 3.89. The monoisotopic (exact) mass is 303 g/mol. The number of rotatable bonds is 3. The summed E-state index contributed by atoms with van der Waals surface area (Å²) in [5.74, 6) is -0.438. The molecule has 0 spiro atoms. The lowest BCUT2D eigenvalue weighted by atomic mass is 10.1. The Bertz CT molecular complexity index is 948. The van der Waals surface area contributed by atoms with Gasteiger partial charge in [-0.3, -0.25) is 4.79 Å². The zero-order valence-electron chi connectivity index (χ0n) is 12.4. The van der Waals surface area contributed by atoms with Crippen molar-refractivity contribution in [2.24, 2.45) is 0 Å². The largest absolute Gasteiger partial charge is 0.356 e. The molecule has 2 aromatic carbocycles. The molecule has 0 unspecified atom stereocenters. The highest BCUT2D eigenvalue weighted by molar-refractivity contribution is 6.10. The predicted octanol–water partition coefficient (Wildman–Crippen LogP) is 3.68. The van der Waals surface area contributed by atoms with Gasteiger partial charge in [0, 0.05) is 11.1 Å². The fraction of sp³-hybridized carbons (Fsp3) is 0.0556. The van der Waals surface area contributed by atoms with E-state index in [9.17, 15) is 10.1 Å². The Labute approximate surface area is 132 Å². The van der Waals surface area contributed by atoms with Gasteiger partial charge in [-0.25, -0.2) is 0 Å². The summed E-state index contributed by atoms with van der Waals surface area (Å²) in [6.07, 6.45) is 3.13. The molecule has 0 bridgehead atoms. The third-order valence-corrected chi connectivity index (χ3v) is 3.45. The molecule has 5 heteroatoms. The SMILES string of the molecule is Cc1ccccc1NC(=O)/C(C#N)=C\c1ccc2oncc2c1. The van der Waals surface area contributed by atoms with Crippen LogP contribution in [0.25, 0.3) is 17.0 Å². The van der Waals surface area contributed by atoms with Crippen molar-refractivity contribution in [3.8, 4) is 6.07 Å². The second-order valence-corrected chi connectivity index (χ2v) is 5.06. The number of aryl methyl sites for hydroxylation is 1. The summed E-state index contributed by atoms with van der Waals surface area (Å²) in [6.45, 7) is 1.89. The van der Waals surface area contributed by atoms with Gasteiger partial charge in [0.1, 0.15) is 11.6 Å². The molecular formula is C18H13N3O2. The summed E-state index contributed by atoms with van der Waals surface area (Å²) in [7, 11) is 0. The van der Waals surface area contributed by atoms with E-state index in [0.717, 1.165) is 16.5 Å². The van der Waals surface area contributed by atoms with Crippen LogP contribution in [0.1, 0.15) is 11.1 Å². The number of amides is 1. The Morgan fingerprint density at radius 3 is 2.91 bits per heavy atom. The van der Waals surface area contributed by atoms with Crippen LogP contribution in [0.2, 0.25) is 0 Å². The van der Waals surface area contributed by atoms with Gasteiger partial charge in [-0.2, -0.15) is 5.26 Å². The van der Waals surface area contributed by atoms with E-state index in [1.807, 2.05) is 37.3 Å². The van der Waals surface area contributed by atoms with Crippen molar-refractivity contribution < 1.29 is 9.32 Å². The first-order valence-corrected chi connectivity index (χ1v) is 7.00. The lowest BCUT2D eigenvalue weighted by molar-refractivity contribution is -0.112. The second-order valence-electron chi connectivity index (χ2n) is 5.06. The number of hydrogen-bond acceptors (Lipinski definition) is 4. The van der Waals surface area contributed by atoms with Gasteiger partial charge in [-0.1, -0.05) is 29.4 Å². The number of fused-ring (bicyclic) bond motifs is 1. The fourth-order valence-electron chi connectivity index (χ4n) is 2.20. The highest BCUT2D eigenvalue weighted by Gasteiger charge is 2.11. The molecule has 23 heavy (non-hydrogen) atoms. The molecule has 0 aliphatic carbocycles. The molecule has 0 aliphatic heterocycles. The molecule has 1 heterocycles. The average Bonchev–Trinajstić information content (AvgIpc) is 3.02. The van der Waals surface area contributed by atoms with E-state index in [1.54, 1.807) is 30.5 Å². The maximum atomic E-state index is 12.3. The van der Waals surface area contributed by atoms with Gasteiger partial charge in [0.25, 0.3) is 5.91 Å². The number of benzene rings is 2. The summed E-state index contributed by atoms with van der Waals surface area (Å²) in [5, 5.41) is 16.5. The normalized spacial score (nSPS) is 11.2. The molecule has 1 aromatic heterocycles. The van der Waals surface area contributed by atoms with Crippen LogP contribution in [0.3, 0.4) is 0 Å².